The number of fused-ring (bicyclic) bond motifs is 1. The molecule has 2 aromatic carbocycles. The van der Waals surface area contributed by atoms with E-state index >= 15 is 0 Å². The standard InChI is InChI=1S/C22H25N3O5/c1-16(26)24-8-3-9-25(11-10-24)22(27)23-18-5-2-4-17(12-18)14-28-19-6-7-20-21(13-19)30-15-29-20/h2,4-7,12-13H,3,8-11,14-15H2,1H3,(H,23,27). The van der Waals surface area contributed by atoms with E-state index in [0.29, 0.717) is 55.7 Å². The van der Waals surface area contributed by atoms with Gasteiger partial charge in [0.15, 0.2) is 11.5 Å². The van der Waals surface area contributed by atoms with E-state index in [1.165, 1.54) is 0 Å². The lowest BCUT2D eigenvalue weighted by molar-refractivity contribution is -0.128. The molecule has 1 saturated heterocycles. The van der Waals surface area contributed by atoms with Crippen molar-refractivity contribution in [2.75, 3.05) is 38.3 Å². The molecule has 0 aromatic heterocycles. The zero-order chi connectivity index (χ0) is 20.9. The van der Waals surface area contributed by atoms with Gasteiger partial charge in [-0.15, -0.1) is 0 Å². The summed E-state index contributed by atoms with van der Waals surface area (Å²) in [7, 11) is 0. The van der Waals surface area contributed by atoms with Gasteiger partial charge < -0.3 is 29.3 Å². The fraction of sp³-hybridized carbons (Fsp3) is 0.364. The molecule has 0 atom stereocenters. The highest BCUT2D eigenvalue weighted by Gasteiger charge is 2.20. The smallest absolute Gasteiger partial charge is 0.321 e. The molecular weight excluding hydrogens is 386 g/mol. The van der Waals surface area contributed by atoms with Gasteiger partial charge in [0.1, 0.15) is 12.4 Å². The minimum atomic E-state index is -0.158. The Morgan fingerprint density at radius 1 is 1.00 bits per heavy atom. The van der Waals surface area contributed by atoms with Crippen LogP contribution in [0.5, 0.6) is 17.2 Å². The molecule has 2 aliphatic heterocycles. The molecule has 0 saturated carbocycles. The van der Waals surface area contributed by atoms with Crippen molar-refractivity contribution in [2.24, 2.45) is 0 Å². The van der Waals surface area contributed by atoms with Crippen LogP contribution in [0.4, 0.5) is 10.5 Å². The minimum Gasteiger partial charge on any atom is -0.489 e. The lowest BCUT2D eigenvalue weighted by atomic mass is 10.2. The number of amides is 3. The summed E-state index contributed by atoms with van der Waals surface area (Å²) in [6, 6.07) is 12.9. The van der Waals surface area contributed by atoms with Crippen LogP contribution in [0.25, 0.3) is 0 Å². The monoisotopic (exact) mass is 411 g/mol. The minimum absolute atomic E-state index is 0.0485. The van der Waals surface area contributed by atoms with Gasteiger partial charge in [-0.1, -0.05) is 12.1 Å². The average molecular weight is 411 g/mol. The number of urea groups is 1. The van der Waals surface area contributed by atoms with Crippen molar-refractivity contribution in [3.8, 4) is 17.2 Å². The number of carbonyl (C=O) groups excluding carboxylic acids is 2. The van der Waals surface area contributed by atoms with E-state index in [2.05, 4.69) is 5.32 Å². The first-order valence-corrected chi connectivity index (χ1v) is 10.0. The first-order valence-electron chi connectivity index (χ1n) is 10.0. The normalized spacial score (nSPS) is 15.5. The molecule has 3 amide bonds. The second-order valence-electron chi connectivity index (χ2n) is 7.28. The van der Waals surface area contributed by atoms with E-state index in [4.69, 9.17) is 14.2 Å². The third-order valence-electron chi connectivity index (χ3n) is 5.16. The zero-order valence-corrected chi connectivity index (χ0v) is 16.9. The molecule has 0 unspecified atom stereocenters. The van der Waals surface area contributed by atoms with Gasteiger partial charge in [0.2, 0.25) is 12.7 Å². The van der Waals surface area contributed by atoms with E-state index in [-0.39, 0.29) is 18.7 Å². The fourth-order valence-electron chi connectivity index (χ4n) is 3.51. The predicted octanol–water partition coefficient (Wildman–Crippen LogP) is 3.08. The van der Waals surface area contributed by atoms with Gasteiger partial charge in [0, 0.05) is 44.9 Å². The van der Waals surface area contributed by atoms with Crippen LogP contribution in [0.3, 0.4) is 0 Å². The Morgan fingerprint density at radius 3 is 2.67 bits per heavy atom. The number of hydrogen-bond donors (Lipinski definition) is 1. The van der Waals surface area contributed by atoms with Crippen molar-refractivity contribution in [1.82, 2.24) is 9.80 Å². The Kier molecular flexibility index (Phi) is 5.92. The van der Waals surface area contributed by atoms with Crippen molar-refractivity contribution in [3.63, 3.8) is 0 Å². The maximum Gasteiger partial charge on any atom is 0.321 e. The molecule has 0 spiro atoms. The Hall–Kier alpha value is -3.42. The molecule has 30 heavy (non-hydrogen) atoms. The number of rotatable bonds is 4. The van der Waals surface area contributed by atoms with Crippen LogP contribution in [-0.4, -0.2) is 54.7 Å². The van der Waals surface area contributed by atoms with Crippen LogP contribution in [-0.2, 0) is 11.4 Å². The van der Waals surface area contributed by atoms with Crippen LogP contribution >= 0.6 is 0 Å². The molecule has 1 fully saturated rings. The lowest BCUT2D eigenvalue weighted by Gasteiger charge is -2.22. The molecule has 0 bridgehead atoms. The molecule has 2 aliphatic rings. The molecule has 2 heterocycles. The maximum absolute atomic E-state index is 12.7. The molecular formula is C22H25N3O5. The molecule has 4 rings (SSSR count). The highest BCUT2D eigenvalue weighted by atomic mass is 16.7. The van der Waals surface area contributed by atoms with Gasteiger partial charge in [-0.05, 0) is 36.2 Å². The second kappa shape index (κ2) is 8.94. The summed E-state index contributed by atoms with van der Waals surface area (Å²) in [5, 5.41) is 2.95. The summed E-state index contributed by atoms with van der Waals surface area (Å²) in [5.74, 6) is 2.13. The van der Waals surface area contributed by atoms with Crippen LogP contribution in [0.1, 0.15) is 18.9 Å². The molecule has 1 N–H and O–H groups in total. The molecule has 0 radical (unpaired) electrons. The topological polar surface area (TPSA) is 80.3 Å². The molecule has 8 nitrogen and oxygen atoms in total. The van der Waals surface area contributed by atoms with Gasteiger partial charge in [-0.25, -0.2) is 4.79 Å². The summed E-state index contributed by atoms with van der Waals surface area (Å²) in [6.07, 6.45) is 0.774. The highest BCUT2D eigenvalue weighted by molar-refractivity contribution is 5.89. The lowest BCUT2D eigenvalue weighted by Crippen LogP contribution is -2.38. The number of carbonyl (C=O) groups is 2. The van der Waals surface area contributed by atoms with Gasteiger partial charge in [-0.3, -0.25) is 4.79 Å². The van der Waals surface area contributed by atoms with Gasteiger partial charge in [-0.2, -0.15) is 0 Å². The average Bonchev–Trinajstić information content (AvgIpc) is 3.06. The van der Waals surface area contributed by atoms with Crippen LogP contribution in [0, 0.1) is 0 Å². The van der Waals surface area contributed by atoms with E-state index in [0.717, 1.165) is 12.0 Å². The first kappa shape index (κ1) is 19.9. The third kappa shape index (κ3) is 4.76. The van der Waals surface area contributed by atoms with E-state index in [9.17, 15) is 9.59 Å². The second-order valence-corrected chi connectivity index (χ2v) is 7.28. The molecule has 158 valence electrons. The Morgan fingerprint density at radius 2 is 1.80 bits per heavy atom. The van der Waals surface area contributed by atoms with Crippen molar-refractivity contribution in [1.29, 1.82) is 0 Å². The Bertz CT molecular complexity index is 933. The van der Waals surface area contributed by atoms with Crippen molar-refractivity contribution >= 4 is 17.6 Å². The number of anilines is 1. The highest BCUT2D eigenvalue weighted by Crippen LogP contribution is 2.35. The number of hydrogen-bond acceptors (Lipinski definition) is 5. The van der Waals surface area contributed by atoms with Crippen molar-refractivity contribution in [3.05, 3.63) is 48.0 Å². The van der Waals surface area contributed by atoms with Crippen LogP contribution < -0.4 is 19.5 Å². The first-order chi connectivity index (χ1) is 14.6. The molecule has 2 aromatic rings. The maximum atomic E-state index is 12.7. The van der Waals surface area contributed by atoms with E-state index < -0.39 is 0 Å². The summed E-state index contributed by atoms with van der Waals surface area (Å²) in [5.41, 5.74) is 1.64. The van der Waals surface area contributed by atoms with E-state index in [1.54, 1.807) is 22.8 Å². The summed E-state index contributed by atoms with van der Waals surface area (Å²) in [4.78, 5) is 27.7. The van der Waals surface area contributed by atoms with Crippen LogP contribution in [0.15, 0.2) is 42.5 Å². The van der Waals surface area contributed by atoms with Crippen molar-refractivity contribution in [2.45, 2.75) is 20.0 Å². The number of benzene rings is 2. The summed E-state index contributed by atoms with van der Waals surface area (Å²) in [6.45, 7) is 4.55. The SMILES string of the molecule is CC(=O)N1CCCN(C(=O)Nc2cccc(COc3ccc4c(c3)OCO4)c2)CC1. The quantitative estimate of drug-likeness (QED) is 0.836. The fourth-order valence-corrected chi connectivity index (χ4v) is 3.51. The number of nitrogens with zero attached hydrogens (tertiary/aromatic N) is 2. The van der Waals surface area contributed by atoms with Crippen LogP contribution in [0.2, 0.25) is 0 Å². The largest absolute Gasteiger partial charge is 0.489 e. The third-order valence-corrected chi connectivity index (χ3v) is 5.16. The van der Waals surface area contributed by atoms with Gasteiger partial charge in [0.05, 0.1) is 0 Å². The number of ether oxygens (including phenoxy) is 3. The Balaban J connectivity index is 1.33. The van der Waals surface area contributed by atoms with Gasteiger partial charge in [0.25, 0.3) is 0 Å². The zero-order valence-electron chi connectivity index (χ0n) is 16.9. The summed E-state index contributed by atoms with van der Waals surface area (Å²) < 4.78 is 16.5. The summed E-state index contributed by atoms with van der Waals surface area (Å²) >= 11 is 0. The number of nitrogens with one attached hydrogen (secondary N) is 1. The molecule has 8 heteroatoms. The predicted molar refractivity (Wildman–Crippen MR) is 111 cm³/mol. The molecule has 0 aliphatic carbocycles. The Labute approximate surface area is 175 Å². The van der Waals surface area contributed by atoms with Gasteiger partial charge >= 0.3 is 6.03 Å². The van der Waals surface area contributed by atoms with Crippen molar-refractivity contribution < 1.29 is 23.8 Å². The van der Waals surface area contributed by atoms with E-state index in [1.807, 2.05) is 36.4 Å².